The summed E-state index contributed by atoms with van der Waals surface area (Å²) in [6, 6.07) is 15.3. The third-order valence-corrected chi connectivity index (χ3v) is 12.5. The summed E-state index contributed by atoms with van der Waals surface area (Å²) in [5.41, 5.74) is 0.803. The lowest BCUT2D eigenvalue weighted by molar-refractivity contribution is -0.385. The molecule has 4 aliphatic rings. The van der Waals surface area contributed by atoms with Crippen molar-refractivity contribution in [1.82, 2.24) is 19.7 Å². The molecule has 19 heteroatoms. The lowest BCUT2D eigenvalue weighted by atomic mass is 9.79. The van der Waals surface area contributed by atoms with Gasteiger partial charge in [-0.05, 0) is 60.9 Å². The van der Waals surface area contributed by atoms with E-state index in [1.807, 2.05) is 25.1 Å². The van der Waals surface area contributed by atoms with Gasteiger partial charge in [0.2, 0.25) is 11.8 Å². The minimum Gasteiger partial charge on any atom is -0.456 e. The SMILES string of the molecule is C[C@@H](O)[C@H]1C(=O)N2C(C(=O)OCc3ccc([N+](=O)[O-])cc3)=C(S[C@H]3C[C@@H](C(=O)N4CCN(c5ccccn5)CC4)N(C(=O)OCc4ccc([N+](=O)[O-])cc4)C3)[C@H](C)[C@H]12. The van der Waals surface area contributed by atoms with Crippen LogP contribution in [0.25, 0.3) is 0 Å². The molecule has 58 heavy (non-hydrogen) atoms. The van der Waals surface area contributed by atoms with E-state index in [9.17, 15) is 44.5 Å². The van der Waals surface area contributed by atoms with Gasteiger partial charge < -0.3 is 29.3 Å². The van der Waals surface area contributed by atoms with Crippen LogP contribution in [0.5, 0.6) is 0 Å². The van der Waals surface area contributed by atoms with Crippen LogP contribution in [0, 0.1) is 32.1 Å². The van der Waals surface area contributed by atoms with Gasteiger partial charge in [-0.1, -0.05) is 13.0 Å². The Kier molecular flexibility index (Phi) is 11.6. The van der Waals surface area contributed by atoms with Crippen LogP contribution in [0.4, 0.5) is 22.0 Å². The fourth-order valence-corrected chi connectivity index (χ4v) is 9.47. The predicted octanol–water partition coefficient (Wildman–Crippen LogP) is 3.87. The van der Waals surface area contributed by atoms with Gasteiger partial charge in [0.15, 0.2) is 0 Å². The quantitative estimate of drug-likeness (QED) is 0.119. The molecule has 6 atom stereocenters. The molecule has 3 aromatic rings. The van der Waals surface area contributed by atoms with E-state index < -0.39 is 63.1 Å². The van der Waals surface area contributed by atoms with Crippen LogP contribution in [0.1, 0.15) is 31.4 Å². The number of rotatable bonds is 12. The summed E-state index contributed by atoms with van der Waals surface area (Å²) >= 11 is 1.28. The van der Waals surface area contributed by atoms with Crippen LogP contribution < -0.4 is 4.90 Å². The first-order chi connectivity index (χ1) is 27.8. The molecule has 1 N–H and O–H groups in total. The Labute approximate surface area is 336 Å². The van der Waals surface area contributed by atoms with E-state index in [1.165, 1.54) is 77.0 Å². The fraction of sp³-hybridized carbons (Fsp3) is 0.410. The van der Waals surface area contributed by atoms with Crippen molar-refractivity contribution in [3.63, 3.8) is 0 Å². The maximum atomic E-state index is 14.3. The Balaban J connectivity index is 1.11. The molecule has 3 saturated heterocycles. The molecule has 1 aromatic heterocycles. The van der Waals surface area contributed by atoms with Crippen molar-refractivity contribution in [1.29, 1.82) is 0 Å². The highest BCUT2D eigenvalue weighted by molar-refractivity contribution is 8.03. The average molecular weight is 816 g/mol. The number of aliphatic hydroxyl groups is 1. The number of piperazine rings is 1. The lowest BCUT2D eigenvalue weighted by Crippen LogP contribution is -2.63. The molecule has 3 amide bonds. The number of carbonyl (C=O) groups is 4. The van der Waals surface area contributed by atoms with E-state index in [1.54, 1.807) is 11.1 Å². The van der Waals surface area contributed by atoms with Crippen molar-refractivity contribution in [2.75, 3.05) is 37.6 Å². The summed E-state index contributed by atoms with van der Waals surface area (Å²) < 4.78 is 11.3. The van der Waals surface area contributed by atoms with Gasteiger partial charge in [0.25, 0.3) is 11.4 Å². The smallest absolute Gasteiger partial charge is 0.410 e. The summed E-state index contributed by atoms with van der Waals surface area (Å²) in [6.07, 6.45) is 0.176. The second-order valence-corrected chi connectivity index (χ2v) is 15.9. The third kappa shape index (κ3) is 8.04. The Morgan fingerprint density at radius 3 is 2.07 bits per heavy atom. The van der Waals surface area contributed by atoms with Crippen LogP contribution in [-0.2, 0) is 37.1 Å². The van der Waals surface area contributed by atoms with E-state index >= 15 is 0 Å². The maximum Gasteiger partial charge on any atom is 0.410 e. The molecule has 0 radical (unpaired) electrons. The highest BCUT2D eigenvalue weighted by atomic mass is 32.2. The van der Waals surface area contributed by atoms with Crippen LogP contribution in [0.3, 0.4) is 0 Å². The number of pyridine rings is 1. The van der Waals surface area contributed by atoms with Crippen molar-refractivity contribution < 1.29 is 43.6 Å². The second-order valence-electron chi connectivity index (χ2n) is 14.6. The highest BCUT2D eigenvalue weighted by Crippen LogP contribution is 2.52. The lowest BCUT2D eigenvalue weighted by Gasteiger charge is -2.46. The number of benzene rings is 2. The number of carbonyl (C=O) groups excluding carboxylic acids is 4. The van der Waals surface area contributed by atoms with E-state index in [0.717, 1.165) is 5.82 Å². The van der Waals surface area contributed by atoms with Gasteiger partial charge in [-0.25, -0.2) is 14.6 Å². The number of thioether (sulfide) groups is 1. The fourth-order valence-electron chi connectivity index (χ4n) is 7.95. The predicted molar refractivity (Wildman–Crippen MR) is 208 cm³/mol. The molecule has 5 heterocycles. The number of amides is 3. The Morgan fingerprint density at radius 2 is 1.52 bits per heavy atom. The molecule has 0 bridgehead atoms. The first-order valence-electron chi connectivity index (χ1n) is 18.8. The van der Waals surface area contributed by atoms with E-state index in [0.29, 0.717) is 42.2 Å². The number of nitro groups is 2. The van der Waals surface area contributed by atoms with Crippen LogP contribution in [0.15, 0.2) is 83.5 Å². The maximum absolute atomic E-state index is 14.3. The monoisotopic (exact) mass is 815 g/mol. The molecule has 0 unspecified atom stereocenters. The minimum atomic E-state index is -0.981. The first kappa shape index (κ1) is 40.1. The van der Waals surface area contributed by atoms with Gasteiger partial charge in [0.05, 0.1) is 27.9 Å². The number of nitrogens with zero attached hydrogens (tertiary/aromatic N) is 7. The van der Waals surface area contributed by atoms with E-state index in [4.69, 9.17) is 9.47 Å². The number of ether oxygens (including phenoxy) is 2. The van der Waals surface area contributed by atoms with Crippen LogP contribution >= 0.6 is 11.8 Å². The zero-order chi connectivity index (χ0) is 41.2. The molecule has 18 nitrogen and oxygen atoms in total. The number of non-ortho nitro benzene ring substituents is 2. The summed E-state index contributed by atoms with van der Waals surface area (Å²) in [6.45, 7) is 4.87. The molecule has 4 aliphatic heterocycles. The van der Waals surface area contributed by atoms with Gasteiger partial charge >= 0.3 is 12.1 Å². The number of likely N-dealkylation sites (tertiary alicyclic amines) is 1. The molecular weight excluding hydrogens is 775 g/mol. The van der Waals surface area contributed by atoms with Gasteiger partial charge in [0.1, 0.15) is 30.8 Å². The molecule has 0 saturated carbocycles. The zero-order valence-corrected chi connectivity index (χ0v) is 32.4. The van der Waals surface area contributed by atoms with Crippen LogP contribution in [-0.4, -0.2) is 115 Å². The number of hydrogen-bond acceptors (Lipinski definition) is 14. The van der Waals surface area contributed by atoms with E-state index in [2.05, 4.69) is 9.88 Å². The molecular formula is C39H41N7O11S. The van der Waals surface area contributed by atoms with Gasteiger partial charge in [-0.15, -0.1) is 11.8 Å². The summed E-state index contributed by atoms with van der Waals surface area (Å²) in [5.74, 6) is -1.83. The standard InChI is InChI=1S/C39H41N7O11S/c1-23-33-32(24(2)47)37(49)44(33)34(38(50)56-21-25-6-10-27(11-7-25)45(52)53)35(23)58-29-19-30(36(48)42-17-15-41(16-18-42)31-5-3-4-14-40-31)43(20-29)39(51)57-22-26-8-12-28(13-9-26)46(54)55/h3-14,23-24,29-30,32-33,47H,15-22H2,1-2H3/t23-,24-,29+,30+,32-,33-/m1/s1. The Morgan fingerprint density at radius 1 is 0.914 bits per heavy atom. The third-order valence-electron chi connectivity index (χ3n) is 11.0. The Hall–Kier alpha value is -6.08. The summed E-state index contributed by atoms with van der Waals surface area (Å²) in [4.78, 5) is 87.9. The minimum absolute atomic E-state index is 0.0269. The van der Waals surface area contributed by atoms with Gasteiger partial charge in [-0.2, -0.15) is 0 Å². The molecule has 3 fully saturated rings. The number of aromatic nitrogens is 1. The first-order valence-corrected chi connectivity index (χ1v) is 19.6. The average Bonchev–Trinajstić information content (AvgIpc) is 3.76. The number of fused-ring (bicyclic) bond motifs is 1. The van der Waals surface area contributed by atoms with Crippen molar-refractivity contribution in [2.24, 2.45) is 11.8 Å². The highest BCUT2D eigenvalue weighted by Gasteiger charge is 2.60. The zero-order valence-electron chi connectivity index (χ0n) is 31.6. The van der Waals surface area contributed by atoms with E-state index in [-0.39, 0.29) is 49.2 Å². The van der Waals surface area contributed by atoms with Crippen molar-refractivity contribution in [3.8, 4) is 0 Å². The summed E-state index contributed by atoms with van der Waals surface area (Å²) in [7, 11) is 0. The molecule has 304 valence electrons. The second kappa shape index (κ2) is 16.8. The number of nitro benzene ring substituents is 2. The molecule has 2 aromatic carbocycles. The normalized spacial score (nSPS) is 23.3. The number of aliphatic hydroxyl groups excluding tert-OH is 1. The largest absolute Gasteiger partial charge is 0.456 e. The Bertz CT molecular complexity index is 2110. The number of β-lactam (4-membered cyclic amide) rings is 1. The molecule has 0 aliphatic carbocycles. The number of anilines is 1. The molecule has 0 spiro atoms. The van der Waals surface area contributed by atoms with Gasteiger partial charge in [-0.3, -0.25) is 34.7 Å². The number of hydrogen-bond donors (Lipinski definition) is 1. The summed E-state index contributed by atoms with van der Waals surface area (Å²) in [5, 5.41) is 32.3. The number of esters is 1. The topological polar surface area (TPSA) is 219 Å². The van der Waals surface area contributed by atoms with Crippen molar-refractivity contribution in [2.45, 2.75) is 56.9 Å². The van der Waals surface area contributed by atoms with Gasteiger partial charge in [0, 0.05) is 79.3 Å². The van der Waals surface area contributed by atoms with Crippen LogP contribution in [0.2, 0.25) is 0 Å². The van der Waals surface area contributed by atoms with Crippen molar-refractivity contribution in [3.05, 3.63) is 115 Å². The molecule has 7 rings (SSSR count). The van der Waals surface area contributed by atoms with Crippen molar-refractivity contribution >= 4 is 52.8 Å².